The summed E-state index contributed by atoms with van der Waals surface area (Å²) in [5, 5.41) is 9.10. The third-order valence-corrected chi connectivity index (χ3v) is 4.17. The van der Waals surface area contributed by atoms with E-state index in [9.17, 15) is 4.79 Å². The molecule has 0 saturated heterocycles. The Bertz CT molecular complexity index is 970. The molecule has 0 aromatic heterocycles. The molecular weight excluding hydrogens is 338 g/mol. The van der Waals surface area contributed by atoms with Crippen LogP contribution in [0.3, 0.4) is 0 Å². The molecule has 0 radical (unpaired) electrons. The summed E-state index contributed by atoms with van der Waals surface area (Å²) in [6.45, 7) is 0. The van der Waals surface area contributed by atoms with Gasteiger partial charge in [0.25, 0.3) is 5.91 Å². The largest absolute Gasteiger partial charge is 0.497 e. The van der Waals surface area contributed by atoms with E-state index in [0.29, 0.717) is 0 Å². The van der Waals surface area contributed by atoms with Crippen LogP contribution >= 0.6 is 0 Å². The monoisotopic (exact) mass is 357 g/mol. The summed E-state index contributed by atoms with van der Waals surface area (Å²) in [5.74, 6) is 5.91. The van der Waals surface area contributed by atoms with Crippen LogP contribution in [0, 0.1) is 11.8 Å². The molecule has 134 valence electrons. The van der Waals surface area contributed by atoms with Crippen LogP contribution < -0.4 is 10.2 Å². The number of benzene rings is 3. The molecule has 0 aliphatic rings. The standard InChI is InChI=1S/C23H19NO3/c1-27-21-9-5-6-18(16-21)11-10-17-12-14-20(15-13-17)22(23(25)24-26)19-7-3-2-4-8-19/h2-9,12-16,22,26H,1H3,(H,24,25). The van der Waals surface area contributed by atoms with Crippen molar-refractivity contribution in [3.05, 3.63) is 101 Å². The summed E-state index contributed by atoms with van der Waals surface area (Å²) in [4.78, 5) is 12.2. The van der Waals surface area contributed by atoms with Crippen molar-refractivity contribution in [2.24, 2.45) is 0 Å². The predicted molar refractivity (Wildman–Crippen MR) is 104 cm³/mol. The fourth-order valence-corrected chi connectivity index (χ4v) is 2.81. The topological polar surface area (TPSA) is 58.6 Å². The number of hydrogen-bond acceptors (Lipinski definition) is 3. The number of carbonyl (C=O) groups is 1. The number of methoxy groups -OCH3 is 1. The molecule has 3 aromatic rings. The average molecular weight is 357 g/mol. The highest BCUT2D eigenvalue weighted by molar-refractivity contribution is 5.86. The Morgan fingerprint density at radius 2 is 1.56 bits per heavy atom. The van der Waals surface area contributed by atoms with Gasteiger partial charge in [-0.2, -0.15) is 0 Å². The number of hydroxylamine groups is 1. The lowest BCUT2D eigenvalue weighted by atomic mass is 9.90. The molecule has 3 aromatic carbocycles. The second kappa shape index (κ2) is 8.70. The van der Waals surface area contributed by atoms with Crippen molar-refractivity contribution in [2.45, 2.75) is 5.92 Å². The summed E-state index contributed by atoms with van der Waals surface area (Å²) in [7, 11) is 1.62. The molecule has 2 N–H and O–H groups in total. The van der Waals surface area contributed by atoms with Gasteiger partial charge in [-0.3, -0.25) is 10.0 Å². The number of rotatable bonds is 4. The number of amides is 1. The van der Waals surface area contributed by atoms with Crippen molar-refractivity contribution in [3.63, 3.8) is 0 Å². The first-order valence-corrected chi connectivity index (χ1v) is 8.46. The number of carbonyl (C=O) groups excluding carboxylic acids is 1. The molecule has 1 unspecified atom stereocenters. The Kier molecular flexibility index (Phi) is 5.88. The predicted octanol–water partition coefficient (Wildman–Crippen LogP) is 3.73. The first kappa shape index (κ1) is 18.2. The van der Waals surface area contributed by atoms with E-state index < -0.39 is 11.8 Å². The van der Waals surface area contributed by atoms with Gasteiger partial charge in [0.15, 0.2) is 0 Å². The van der Waals surface area contributed by atoms with Crippen LogP contribution in [0.25, 0.3) is 0 Å². The molecule has 0 fully saturated rings. The van der Waals surface area contributed by atoms with Gasteiger partial charge in [-0.25, -0.2) is 5.48 Å². The van der Waals surface area contributed by atoms with Gasteiger partial charge in [-0.15, -0.1) is 0 Å². The molecule has 0 spiro atoms. The lowest BCUT2D eigenvalue weighted by Crippen LogP contribution is -2.27. The van der Waals surface area contributed by atoms with Gasteiger partial charge in [0.1, 0.15) is 5.75 Å². The van der Waals surface area contributed by atoms with Crippen molar-refractivity contribution >= 4 is 5.91 Å². The molecule has 0 saturated carbocycles. The number of hydrogen-bond donors (Lipinski definition) is 2. The Balaban J connectivity index is 1.85. The first-order valence-electron chi connectivity index (χ1n) is 8.46. The van der Waals surface area contributed by atoms with Gasteiger partial charge in [-0.05, 0) is 41.5 Å². The zero-order valence-corrected chi connectivity index (χ0v) is 14.8. The maximum absolute atomic E-state index is 12.2. The van der Waals surface area contributed by atoms with Crippen molar-refractivity contribution < 1.29 is 14.7 Å². The normalized spacial score (nSPS) is 11.0. The Hall–Kier alpha value is -3.55. The zero-order valence-electron chi connectivity index (χ0n) is 14.8. The van der Waals surface area contributed by atoms with Crippen molar-refractivity contribution in [3.8, 4) is 17.6 Å². The quantitative estimate of drug-likeness (QED) is 0.425. The molecule has 3 rings (SSSR count). The van der Waals surface area contributed by atoms with Crippen LogP contribution in [0.2, 0.25) is 0 Å². The summed E-state index contributed by atoms with van der Waals surface area (Å²) in [6, 6.07) is 24.3. The molecule has 0 aliphatic carbocycles. The minimum atomic E-state index is -0.586. The zero-order chi connectivity index (χ0) is 19.1. The van der Waals surface area contributed by atoms with Crippen molar-refractivity contribution in [1.29, 1.82) is 0 Å². The Labute approximate surface area is 158 Å². The summed E-state index contributed by atoms with van der Waals surface area (Å²) in [6.07, 6.45) is 0. The van der Waals surface area contributed by atoms with E-state index in [1.807, 2.05) is 78.9 Å². The molecule has 0 bridgehead atoms. The second-order valence-electron chi connectivity index (χ2n) is 5.92. The highest BCUT2D eigenvalue weighted by atomic mass is 16.5. The van der Waals surface area contributed by atoms with Crippen LogP contribution in [0.1, 0.15) is 28.2 Å². The van der Waals surface area contributed by atoms with E-state index in [1.165, 1.54) is 0 Å². The maximum Gasteiger partial charge on any atom is 0.255 e. The van der Waals surface area contributed by atoms with Crippen LogP contribution in [0.5, 0.6) is 5.75 Å². The minimum absolute atomic E-state index is 0.476. The smallest absolute Gasteiger partial charge is 0.255 e. The third-order valence-electron chi connectivity index (χ3n) is 4.17. The van der Waals surface area contributed by atoms with E-state index in [1.54, 1.807) is 12.6 Å². The van der Waals surface area contributed by atoms with Gasteiger partial charge in [0, 0.05) is 11.1 Å². The fraction of sp³-hybridized carbons (Fsp3) is 0.0870. The van der Waals surface area contributed by atoms with Gasteiger partial charge in [0.05, 0.1) is 13.0 Å². The van der Waals surface area contributed by atoms with Crippen LogP contribution in [-0.2, 0) is 4.79 Å². The van der Waals surface area contributed by atoms with Gasteiger partial charge < -0.3 is 4.74 Å². The van der Waals surface area contributed by atoms with E-state index in [4.69, 9.17) is 9.94 Å². The Morgan fingerprint density at radius 3 is 2.22 bits per heavy atom. The lowest BCUT2D eigenvalue weighted by Gasteiger charge is -2.15. The second-order valence-corrected chi connectivity index (χ2v) is 5.92. The molecule has 1 amide bonds. The third kappa shape index (κ3) is 4.55. The molecule has 1 atom stereocenters. The molecule has 0 heterocycles. The number of ether oxygens (including phenoxy) is 1. The van der Waals surface area contributed by atoms with E-state index in [0.717, 1.165) is 28.0 Å². The molecular formula is C23H19NO3. The van der Waals surface area contributed by atoms with Crippen molar-refractivity contribution in [2.75, 3.05) is 7.11 Å². The van der Waals surface area contributed by atoms with Crippen LogP contribution in [0.15, 0.2) is 78.9 Å². The maximum atomic E-state index is 12.2. The molecule has 0 aliphatic heterocycles. The molecule has 4 heteroatoms. The highest BCUT2D eigenvalue weighted by Crippen LogP contribution is 2.25. The number of nitrogens with one attached hydrogen (secondary N) is 1. The lowest BCUT2D eigenvalue weighted by molar-refractivity contribution is -0.129. The SMILES string of the molecule is COc1cccc(C#Cc2ccc(C(C(=O)NO)c3ccccc3)cc2)c1. The first-order chi connectivity index (χ1) is 13.2. The minimum Gasteiger partial charge on any atom is -0.497 e. The summed E-state index contributed by atoms with van der Waals surface area (Å²) >= 11 is 0. The van der Waals surface area contributed by atoms with E-state index in [2.05, 4.69) is 11.8 Å². The average Bonchev–Trinajstić information content (AvgIpc) is 2.74. The van der Waals surface area contributed by atoms with Gasteiger partial charge in [0.2, 0.25) is 0 Å². The van der Waals surface area contributed by atoms with E-state index in [-0.39, 0.29) is 0 Å². The highest BCUT2D eigenvalue weighted by Gasteiger charge is 2.22. The van der Waals surface area contributed by atoms with E-state index >= 15 is 0 Å². The van der Waals surface area contributed by atoms with Crippen molar-refractivity contribution in [1.82, 2.24) is 5.48 Å². The van der Waals surface area contributed by atoms with Crippen LogP contribution in [-0.4, -0.2) is 18.2 Å². The summed E-state index contributed by atoms with van der Waals surface area (Å²) in [5.41, 5.74) is 5.03. The molecule has 4 nitrogen and oxygen atoms in total. The van der Waals surface area contributed by atoms with Gasteiger partial charge in [-0.1, -0.05) is 60.4 Å². The molecule has 27 heavy (non-hydrogen) atoms. The Morgan fingerprint density at radius 1 is 0.889 bits per heavy atom. The fourth-order valence-electron chi connectivity index (χ4n) is 2.81. The van der Waals surface area contributed by atoms with Crippen LogP contribution in [0.4, 0.5) is 0 Å². The summed E-state index contributed by atoms with van der Waals surface area (Å²) < 4.78 is 5.20. The van der Waals surface area contributed by atoms with Gasteiger partial charge >= 0.3 is 0 Å².